The van der Waals surface area contributed by atoms with E-state index < -0.39 is 30.5 Å². The van der Waals surface area contributed by atoms with Gasteiger partial charge in [0.2, 0.25) is 0 Å². The SMILES string of the molecule is C=CC(=O)C1C(OCc2ccccc2)[C@H](OC)OC(COCc2ccccc2)[C@@H]1OCc1ccccc1. The smallest absolute Gasteiger partial charge is 0.184 e. The Morgan fingerprint density at radius 2 is 1.27 bits per heavy atom. The van der Waals surface area contributed by atoms with Crippen LogP contribution in [0, 0.1) is 5.92 Å². The predicted octanol–water partition coefficient (Wildman–Crippen LogP) is 5.12. The van der Waals surface area contributed by atoms with Crippen LogP contribution in [0.1, 0.15) is 16.7 Å². The van der Waals surface area contributed by atoms with E-state index in [4.69, 9.17) is 23.7 Å². The highest BCUT2D eigenvalue weighted by molar-refractivity contribution is 5.92. The molecule has 6 nitrogen and oxygen atoms in total. The largest absolute Gasteiger partial charge is 0.374 e. The van der Waals surface area contributed by atoms with E-state index in [0.29, 0.717) is 19.8 Å². The van der Waals surface area contributed by atoms with Gasteiger partial charge < -0.3 is 23.7 Å². The highest BCUT2D eigenvalue weighted by atomic mass is 16.7. The highest BCUT2D eigenvalue weighted by Crippen LogP contribution is 2.34. The molecule has 0 amide bonds. The Morgan fingerprint density at radius 1 is 0.784 bits per heavy atom. The number of carbonyl (C=O) groups is 1. The molecule has 0 spiro atoms. The first-order valence-corrected chi connectivity index (χ1v) is 12.5. The molecule has 5 atom stereocenters. The number of ketones is 1. The van der Waals surface area contributed by atoms with Crippen LogP contribution < -0.4 is 0 Å². The minimum Gasteiger partial charge on any atom is -0.374 e. The number of methoxy groups -OCH3 is 1. The second-order valence-electron chi connectivity index (χ2n) is 8.93. The summed E-state index contributed by atoms with van der Waals surface area (Å²) in [4.78, 5) is 13.3. The van der Waals surface area contributed by atoms with Gasteiger partial charge in [-0.3, -0.25) is 4.79 Å². The average molecular weight is 503 g/mol. The summed E-state index contributed by atoms with van der Waals surface area (Å²) in [6.07, 6.45) is -1.33. The van der Waals surface area contributed by atoms with E-state index in [0.717, 1.165) is 16.7 Å². The minimum absolute atomic E-state index is 0.186. The molecule has 3 aromatic carbocycles. The zero-order valence-electron chi connectivity index (χ0n) is 21.1. The van der Waals surface area contributed by atoms with Gasteiger partial charge >= 0.3 is 0 Å². The maximum Gasteiger partial charge on any atom is 0.184 e. The Kier molecular flexibility index (Phi) is 10.2. The molecular formula is C31H34O6. The fraction of sp³-hybridized carbons (Fsp3) is 0.323. The number of carbonyl (C=O) groups excluding carboxylic acids is 1. The van der Waals surface area contributed by atoms with Crippen molar-refractivity contribution in [3.8, 4) is 0 Å². The monoisotopic (exact) mass is 502 g/mol. The maximum atomic E-state index is 13.3. The number of ether oxygens (including phenoxy) is 5. The van der Waals surface area contributed by atoms with Crippen LogP contribution in [0.25, 0.3) is 0 Å². The van der Waals surface area contributed by atoms with Crippen LogP contribution in [0.5, 0.6) is 0 Å². The number of benzene rings is 3. The van der Waals surface area contributed by atoms with Crippen LogP contribution in [0.3, 0.4) is 0 Å². The molecule has 1 aliphatic heterocycles. The third-order valence-corrected chi connectivity index (χ3v) is 6.38. The molecule has 37 heavy (non-hydrogen) atoms. The average Bonchev–Trinajstić information content (AvgIpc) is 2.96. The van der Waals surface area contributed by atoms with Gasteiger partial charge in [-0.25, -0.2) is 0 Å². The normalized spacial score (nSPS) is 23.4. The zero-order chi connectivity index (χ0) is 25.9. The fourth-order valence-corrected chi connectivity index (χ4v) is 4.49. The Hall–Kier alpha value is -3.13. The molecule has 194 valence electrons. The summed E-state index contributed by atoms with van der Waals surface area (Å²) in [7, 11) is 1.55. The summed E-state index contributed by atoms with van der Waals surface area (Å²) in [5.74, 6) is -0.872. The molecule has 6 heteroatoms. The van der Waals surface area contributed by atoms with E-state index in [1.54, 1.807) is 7.11 Å². The quantitative estimate of drug-likeness (QED) is 0.303. The fourth-order valence-electron chi connectivity index (χ4n) is 4.49. The molecule has 0 aliphatic carbocycles. The molecule has 0 saturated carbocycles. The molecule has 1 saturated heterocycles. The highest BCUT2D eigenvalue weighted by Gasteiger charge is 2.50. The van der Waals surface area contributed by atoms with Gasteiger partial charge in [-0.1, -0.05) is 97.6 Å². The van der Waals surface area contributed by atoms with Gasteiger partial charge in [-0.2, -0.15) is 0 Å². The lowest BCUT2D eigenvalue weighted by Gasteiger charge is -2.45. The third kappa shape index (κ3) is 7.44. The Bertz CT molecular complexity index is 1090. The summed E-state index contributed by atoms with van der Waals surface area (Å²) >= 11 is 0. The Morgan fingerprint density at radius 3 is 1.76 bits per heavy atom. The standard InChI is InChI=1S/C31H34O6/c1-3-26(32)28-29(35-20-24-15-9-5-10-16-24)27(22-34-19-23-13-7-4-8-14-23)37-31(33-2)30(28)36-21-25-17-11-6-12-18-25/h3-18,27-31H,1,19-22H2,2H3/t27?,28?,29-,30?,31+/m0/s1. The van der Waals surface area contributed by atoms with Crippen LogP contribution in [0.2, 0.25) is 0 Å². The summed E-state index contributed by atoms with van der Waals surface area (Å²) < 4.78 is 30.7. The van der Waals surface area contributed by atoms with Gasteiger partial charge in [0.05, 0.1) is 38.4 Å². The van der Waals surface area contributed by atoms with Crippen molar-refractivity contribution < 1.29 is 28.5 Å². The molecule has 3 unspecified atom stereocenters. The minimum atomic E-state index is -0.778. The lowest BCUT2D eigenvalue weighted by Crippen LogP contribution is -2.59. The van der Waals surface area contributed by atoms with E-state index in [9.17, 15) is 4.79 Å². The van der Waals surface area contributed by atoms with Crippen LogP contribution >= 0.6 is 0 Å². The third-order valence-electron chi connectivity index (χ3n) is 6.38. The topological polar surface area (TPSA) is 63.2 Å². The number of hydrogen-bond donors (Lipinski definition) is 0. The summed E-state index contributed by atoms with van der Waals surface area (Å²) in [5, 5.41) is 0. The van der Waals surface area contributed by atoms with Crippen molar-refractivity contribution in [1.82, 2.24) is 0 Å². The van der Waals surface area contributed by atoms with Gasteiger partial charge in [-0.05, 0) is 22.8 Å². The summed E-state index contributed by atoms with van der Waals surface area (Å²) in [5.41, 5.74) is 3.02. The molecule has 0 radical (unpaired) electrons. The number of allylic oxidation sites excluding steroid dienone is 1. The van der Waals surface area contributed by atoms with Crippen LogP contribution in [0.4, 0.5) is 0 Å². The molecule has 0 N–H and O–H groups in total. The van der Waals surface area contributed by atoms with Crippen LogP contribution in [0.15, 0.2) is 104 Å². The van der Waals surface area contributed by atoms with Crippen LogP contribution in [-0.4, -0.2) is 44.1 Å². The molecule has 4 rings (SSSR count). The van der Waals surface area contributed by atoms with E-state index in [2.05, 4.69) is 6.58 Å². The van der Waals surface area contributed by atoms with Gasteiger partial charge in [-0.15, -0.1) is 0 Å². The first-order valence-electron chi connectivity index (χ1n) is 12.5. The predicted molar refractivity (Wildman–Crippen MR) is 140 cm³/mol. The molecule has 0 aromatic heterocycles. The van der Waals surface area contributed by atoms with E-state index in [-0.39, 0.29) is 12.4 Å². The molecule has 1 fully saturated rings. The molecular weight excluding hydrogens is 468 g/mol. The van der Waals surface area contributed by atoms with Crippen molar-refractivity contribution in [2.24, 2.45) is 5.92 Å². The van der Waals surface area contributed by atoms with Gasteiger partial charge in [0, 0.05) is 7.11 Å². The van der Waals surface area contributed by atoms with Crippen molar-refractivity contribution in [2.75, 3.05) is 13.7 Å². The lowest BCUT2D eigenvalue weighted by molar-refractivity contribution is -0.298. The molecule has 1 heterocycles. The van der Waals surface area contributed by atoms with Crippen LogP contribution in [-0.2, 0) is 48.3 Å². The van der Waals surface area contributed by atoms with Gasteiger partial charge in [0.1, 0.15) is 12.2 Å². The van der Waals surface area contributed by atoms with E-state index in [1.165, 1.54) is 6.08 Å². The first-order chi connectivity index (χ1) is 18.2. The molecule has 3 aromatic rings. The first kappa shape index (κ1) is 26.9. The lowest BCUT2D eigenvalue weighted by atomic mass is 9.85. The van der Waals surface area contributed by atoms with E-state index in [1.807, 2.05) is 91.0 Å². The van der Waals surface area contributed by atoms with Crippen molar-refractivity contribution in [1.29, 1.82) is 0 Å². The Labute approximate surface area is 218 Å². The number of hydrogen-bond acceptors (Lipinski definition) is 6. The molecule has 0 bridgehead atoms. The van der Waals surface area contributed by atoms with Gasteiger partial charge in [0.15, 0.2) is 12.1 Å². The summed E-state index contributed by atoms with van der Waals surface area (Å²) in [6.45, 7) is 5.00. The van der Waals surface area contributed by atoms with Crippen molar-refractivity contribution in [3.63, 3.8) is 0 Å². The maximum absolute atomic E-state index is 13.3. The summed E-state index contributed by atoms with van der Waals surface area (Å²) in [6, 6.07) is 29.5. The Balaban J connectivity index is 1.56. The van der Waals surface area contributed by atoms with Crippen molar-refractivity contribution >= 4 is 5.78 Å². The van der Waals surface area contributed by atoms with Gasteiger partial charge in [0.25, 0.3) is 0 Å². The van der Waals surface area contributed by atoms with Crippen molar-refractivity contribution in [2.45, 2.75) is 44.4 Å². The van der Waals surface area contributed by atoms with E-state index >= 15 is 0 Å². The zero-order valence-corrected chi connectivity index (χ0v) is 21.1. The number of rotatable bonds is 13. The second-order valence-corrected chi connectivity index (χ2v) is 8.93. The van der Waals surface area contributed by atoms with Crippen molar-refractivity contribution in [3.05, 3.63) is 120 Å². The second kappa shape index (κ2) is 14.0. The molecule has 1 aliphatic rings.